The minimum Gasteiger partial charge on any atom is -0.360 e. The lowest BCUT2D eigenvalue weighted by Gasteiger charge is -2.25. The van der Waals surface area contributed by atoms with Crippen LogP contribution in [-0.4, -0.2) is 30.9 Å². The van der Waals surface area contributed by atoms with Crippen molar-refractivity contribution in [3.8, 4) is 0 Å². The van der Waals surface area contributed by atoms with Gasteiger partial charge in [-0.1, -0.05) is 34.5 Å². The summed E-state index contributed by atoms with van der Waals surface area (Å²) in [7, 11) is -4.38. The Morgan fingerprint density at radius 1 is 1.19 bits per heavy atom. The van der Waals surface area contributed by atoms with E-state index in [1.807, 2.05) is 6.92 Å². The second-order valence-electron chi connectivity index (χ2n) is 7.04. The fourth-order valence-electron chi connectivity index (χ4n) is 3.04. The van der Waals surface area contributed by atoms with Crippen LogP contribution in [0.15, 0.2) is 51.9 Å². The largest absolute Gasteiger partial charge is 0.360 e. The molecule has 3 aromatic rings. The molecule has 32 heavy (non-hydrogen) atoms. The summed E-state index contributed by atoms with van der Waals surface area (Å²) in [5.74, 6) is -0.0782. The molecule has 0 aliphatic carbocycles. The van der Waals surface area contributed by atoms with E-state index in [0.717, 1.165) is 28.1 Å². The monoisotopic (exact) mass is 478 g/mol. The molecular weight excluding hydrogens is 460 g/mol. The maximum absolute atomic E-state index is 13.5. The summed E-state index contributed by atoms with van der Waals surface area (Å²) in [6, 6.07) is 9.67. The predicted molar refractivity (Wildman–Crippen MR) is 118 cm³/mol. The molecule has 1 heterocycles. The van der Waals surface area contributed by atoms with Gasteiger partial charge in [-0.3, -0.25) is 19.2 Å². The molecule has 0 radical (unpaired) electrons. The number of hydrogen-bond donors (Lipinski definition) is 1. The highest BCUT2D eigenvalue weighted by molar-refractivity contribution is 7.92. The van der Waals surface area contributed by atoms with Crippen LogP contribution in [0, 0.1) is 30.9 Å². The molecule has 0 spiro atoms. The summed E-state index contributed by atoms with van der Waals surface area (Å²) in [6.45, 7) is 4.59. The molecule has 0 bridgehead atoms. The van der Waals surface area contributed by atoms with Gasteiger partial charge < -0.3 is 9.84 Å². The van der Waals surface area contributed by atoms with Crippen LogP contribution in [0.5, 0.6) is 0 Å². The number of rotatable bonds is 7. The molecule has 12 heteroatoms. The van der Waals surface area contributed by atoms with Crippen LogP contribution in [0.1, 0.15) is 16.9 Å². The average Bonchev–Trinajstić information content (AvgIpc) is 3.11. The summed E-state index contributed by atoms with van der Waals surface area (Å²) < 4.78 is 32.8. The van der Waals surface area contributed by atoms with E-state index in [4.69, 9.17) is 16.1 Å². The second kappa shape index (κ2) is 8.97. The van der Waals surface area contributed by atoms with E-state index in [2.05, 4.69) is 10.5 Å². The Hall–Kier alpha value is -3.44. The third kappa shape index (κ3) is 4.89. The van der Waals surface area contributed by atoms with Crippen molar-refractivity contribution in [3.63, 3.8) is 0 Å². The van der Waals surface area contributed by atoms with Crippen LogP contribution < -0.4 is 9.62 Å². The van der Waals surface area contributed by atoms with Crippen molar-refractivity contribution in [2.75, 3.05) is 16.2 Å². The molecule has 3 rings (SSSR count). The zero-order valence-corrected chi connectivity index (χ0v) is 18.9. The summed E-state index contributed by atoms with van der Waals surface area (Å²) in [4.78, 5) is 22.8. The van der Waals surface area contributed by atoms with Crippen molar-refractivity contribution < 1.29 is 22.7 Å². The van der Waals surface area contributed by atoms with E-state index >= 15 is 0 Å². The van der Waals surface area contributed by atoms with Crippen molar-refractivity contribution in [2.45, 2.75) is 25.7 Å². The Labute approximate surface area is 189 Å². The Kier molecular flexibility index (Phi) is 6.51. The zero-order valence-electron chi connectivity index (χ0n) is 17.3. The molecule has 0 aliphatic rings. The number of carbonyl (C=O) groups excluding carboxylic acids is 1. The van der Waals surface area contributed by atoms with Gasteiger partial charge in [-0.2, -0.15) is 0 Å². The van der Waals surface area contributed by atoms with E-state index in [0.29, 0.717) is 11.3 Å². The first-order chi connectivity index (χ1) is 15.0. The minimum atomic E-state index is -4.38. The SMILES string of the molecule is Cc1ccc(N(CC(=O)Nc2cc(C)on2)S(=O)(=O)c2ccc(Cl)c([N+](=O)[O-])c2)c(C)c1. The highest BCUT2D eigenvalue weighted by Crippen LogP contribution is 2.32. The Morgan fingerprint density at radius 3 is 2.50 bits per heavy atom. The van der Waals surface area contributed by atoms with Crippen LogP contribution in [0.3, 0.4) is 0 Å². The lowest BCUT2D eigenvalue weighted by Crippen LogP contribution is -2.38. The number of amides is 1. The molecule has 0 unspecified atom stereocenters. The molecule has 1 aromatic heterocycles. The van der Waals surface area contributed by atoms with Crippen LogP contribution in [0.25, 0.3) is 0 Å². The number of benzene rings is 2. The van der Waals surface area contributed by atoms with Crippen LogP contribution in [0.2, 0.25) is 5.02 Å². The van der Waals surface area contributed by atoms with Gasteiger partial charge in [-0.15, -0.1) is 0 Å². The van der Waals surface area contributed by atoms with Gasteiger partial charge >= 0.3 is 0 Å². The summed E-state index contributed by atoms with van der Waals surface area (Å²) in [6.07, 6.45) is 0. The number of sulfonamides is 1. The number of nitro groups is 1. The number of aryl methyl sites for hydroxylation is 3. The number of carbonyl (C=O) groups is 1. The van der Waals surface area contributed by atoms with Gasteiger partial charge in [0.2, 0.25) is 5.91 Å². The normalized spacial score (nSPS) is 11.2. The number of hydrogen-bond acceptors (Lipinski definition) is 7. The molecule has 0 atom stereocenters. The van der Waals surface area contributed by atoms with E-state index in [1.165, 1.54) is 6.07 Å². The third-order valence-corrected chi connectivity index (χ3v) is 6.58. The summed E-state index contributed by atoms with van der Waals surface area (Å²) in [5.41, 5.74) is 1.19. The molecule has 0 saturated carbocycles. The number of halogens is 1. The highest BCUT2D eigenvalue weighted by atomic mass is 35.5. The van der Waals surface area contributed by atoms with Gasteiger partial charge in [0.05, 0.1) is 15.5 Å². The van der Waals surface area contributed by atoms with Crippen LogP contribution >= 0.6 is 11.6 Å². The zero-order chi connectivity index (χ0) is 23.6. The quantitative estimate of drug-likeness (QED) is 0.400. The van der Waals surface area contributed by atoms with Crippen molar-refractivity contribution in [3.05, 3.63) is 74.5 Å². The number of nitrogens with zero attached hydrogens (tertiary/aromatic N) is 3. The van der Waals surface area contributed by atoms with Crippen LogP contribution in [0.4, 0.5) is 17.2 Å². The van der Waals surface area contributed by atoms with E-state index < -0.39 is 33.1 Å². The first kappa shape index (κ1) is 23.2. The third-order valence-electron chi connectivity index (χ3n) is 4.51. The first-order valence-electron chi connectivity index (χ1n) is 9.26. The first-order valence-corrected chi connectivity index (χ1v) is 11.1. The lowest BCUT2D eigenvalue weighted by molar-refractivity contribution is -0.384. The molecule has 0 aliphatic heterocycles. The van der Waals surface area contributed by atoms with Gasteiger partial charge in [-0.05, 0) is 44.5 Å². The Balaban J connectivity index is 2.06. The molecule has 0 saturated heterocycles. The number of nitro benzene ring substituents is 1. The molecule has 0 fully saturated rings. The minimum absolute atomic E-state index is 0.132. The molecule has 1 N–H and O–H groups in total. The molecule has 168 valence electrons. The smallest absolute Gasteiger partial charge is 0.289 e. The number of anilines is 2. The second-order valence-corrected chi connectivity index (χ2v) is 9.31. The molecule has 10 nitrogen and oxygen atoms in total. The molecule has 2 aromatic carbocycles. The number of aromatic nitrogens is 1. The lowest BCUT2D eigenvalue weighted by atomic mass is 10.1. The van der Waals surface area contributed by atoms with Gasteiger partial charge in [0, 0.05) is 12.1 Å². The Morgan fingerprint density at radius 2 is 1.91 bits per heavy atom. The maximum Gasteiger partial charge on any atom is 0.289 e. The topological polar surface area (TPSA) is 136 Å². The van der Waals surface area contributed by atoms with Crippen molar-refractivity contribution in [1.29, 1.82) is 0 Å². The maximum atomic E-state index is 13.5. The van der Waals surface area contributed by atoms with Gasteiger partial charge in [-0.25, -0.2) is 8.42 Å². The van der Waals surface area contributed by atoms with E-state index in [9.17, 15) is 23.3 Å². The van der Waals surface area contributed by atoms with Gasteiger partial charge in [0.15, 0.2) is 5.82 Å². The van der Waals surface area contributed by atoms with Gasteiger partial charge in [0.1, 0.15) is 17.3 Å². The average molecular weight is 479 g/mol. The molecular formula is C20H19ClN4O6S. The van der Waals surface area contributed by atoms with Crippen molar-refractivity contribution >= 4 is 44.7 Å². The highest BCUT2D eigenvalue weighted by Gasteiger charge is 2.30. The fourth-order valence-corrected chi connectivity index (χ4v) is 4.74. The number of nitrogens with one attached hydrogen (secondary N) is 1. The fraction of sp³-hybridized carbons (Fsp3) is 0.200. The van der Waals surface area contributed by atoms with Gasteiger partial charge in [0.25, 0.3) is 15.7 Å². The summed E-state index contributed by atoms with van der Waals surface area (Å²) in [5, 5.41) is 17.2. The van der Waals surface area contributed by atoms with Crippen molar-refractivity contribution in [2.24, 2.45) is 0 Å². The Bertz CT molecular complexity index is 1310. The standard InChI is InChI=1S/C20H19ClN4O6S/c1-12-4-7-17(13(2)8-12)24(11-20(26)22-19-9-14(3)31-23-19)32(29,30)15-5-6-16(21)18(10-15)25(27)28/h4-10H,11H2,1-3H3,(H,22,23,26). The van der Waals surface area contributed by atoms with E-state index in [-0.39, 0.29) is 21.4 Å². The van der Waals surface area contributed by atoms with E-state index in [1.54, 1.807) is 32.0 Å². The summed E-state index contributed by atoms with van der Waals surface area (Å²) >= 11 is 5.83. The van der Waals surface area contributed by atoms with Crippen molar-refractivity contribution in [1.82, 2.24) is 5.16 Å². The predicted octanol–water partition coefficient (Wildman–Crippen LogP) is 4.00. The molecule has 1 amide bonds. The van der Waals surface area contributed by atoms with Crippen LogP contribution in [-0.2, 0) is 14.8 Å².